The highest BCUT2D eigenvalue weighted by atomic mass is 16.1. The molecule has 0 bridgehead atoms. The average molecular weight is 333 g/mol. The molecule has 3 heterocycles. The summed E-state index contributed by atoms with van der Waals surface area (Å²) in [6.07, 6.45) is 9.20. The quantitative estimate of drug-likeness (QED) is 0.779. The second-order valence-corrected chi connectivity index (χ2v) is 7.17. The summed E-state index contributed by atoms with van der Waals surface area (Å²) in [6.45, 7) is 7.33. The first-order valence-electron chi connectivity index (χ1n) is 9.52. The van der Waals surface area contributed by atoms with Crippen molar-refractivity contribution in [3.63, 3.8) is 0 Å². The number of nitrogens with one attached hydrogen (secondary N) is 2. The van der Waals surface area contributed by atoms with Gasteiger partial charge in [0, 0.05) is 31.9 Å². The highest BCUT2D eigenvalue weighted by Crippen LogP contribution is 2.17. The van der Waals surface area contributed by atoms with Gasteiger partial charge in [-0.2, -0.15) is 5.10 Å². The maximum absolute atomic E-state index is 12.2. The minimum atomic E-state index is -0.0517. The molecule has 2 fully saturated rings. The number of amides is 1. The summed E-state index contributed by atoms with van der Waals surface area (Å²) in [5, 5.41) is 10.9. The van der Waals surface area contributed by atoms with E-state index >= 15 is 0 Å². The van der Waals surface area contributed by atoms with Crippen molar-refractivity contribution in [1.29, 1.82) is 0 Å². The molecule has 2 aliphatic heterocycles. The van der Waals surface area contributed by atoms with Gasteiger partial charge in [0.15, 0.2) is 0 Å². The zero-order chi connectivity index (χ0) is 16.8. The molecule has 3 rings (SSSR count). The highest BCUT2D eigenvalue weighted by Gasteiger charge is 2.19. The molecule has 0 aliphatic carbocycles. The van der Waals surface area contributed by atoms with Gasteiger partial charge in [-0.3, -0.25) is 9.48 Å². The smallest absolute Gasteiger partial charge is 0.271 e. The van der Waals surface area contributed by atoms with Gasteiger partial charge in [0.25, 0.3) is 5.91 Å². The predicted octanol–water partition coefficient (Wildman–Crippen LogP) is 1.80. The van der Waals surface area contributed by atoms with E-state index in [0.717, 1.165) is 39.0 Å². The Morgan fingerprint density at radius 2 is 2.29 bits per heavy atom. The lowest BCUT2D eigenvalue weighted by atomic mass is 10.0. The molecule has 6 nitrogen and oxygen atoms in total. The molecule has 0 spiro atoms. The van der Waals surface area contributed by atoms with Gasteiger partial charge in [-0.05, 0) is 58.2 Å². The zero-order valence-corrected chi connectivity index (χ0v) is 14.8. The lowest BCUT2D eigenvalue weighted by Crippen LogP contribution is -2.39. The number of piperidine rings is 2. The molecule has 2 atom stereocenters. The third-order valence-electron chi connectivity index (χ3n) is 5.33. The van der Waals surface area contributed by atoms with Crippen molar-refractivity contribution < 1.29 is 4.79 Å². The maximum atomic E-state index is 12.2. The standard InChI is InChI=1S/C18H31N5O/c1-15-6-2-3-11-22(15)12-5-10-20-18(24)17-8-13-23(21-17)16-7-4-9-19-14-16/h8,13,15-16,19H,2-7,9-12,14H2,1H3,(H,20,24). The Hall–Kier alpha value is -1.40. The van der Waals surface area contributed by atoms with E-state index in [1.54, 1.807) is 0 Å². The van der Waals surface area contributed by atoms with Gasteiger partial charge in [0.1, 0.15) is 5.69 Å². The predicted molar refractivity (Wildman–Crippen MR) is 95.2 cm³/mol. The maximum Gasteiger partial charge on any atom is 0.271 e. The van der Waals surface area contributed by atoms with E-state index in [4.69, 9.17) is 0 Å². The molecule has 2 unspecified atom stereocenters. The van der Waals surface area contributed by atoms with Gasteiger partial charge < -0.3 is 15.5 Å². The Morgan fingerprint density at radius 3 is 3.08 bits per heavy atom. The molecule has 6 heteroatoms. The van der Waals surface area contributed by atoms with E-state index < -0.39 is 0 Å². The summed E-state index contributed by atoms with van der Waals surface area (Å²) < 4.78 is 1.94. The largest absolute Gasteiger partial charge is 0.351 e. The van der Waals surface area contributed by atoms with Gasteiger partial charge in [0.05, 0.1) is 6.04 Å². The third-order valence-corrected chi connectivity index (χ3v) is 5.33. The van der Waals surface area contributed by atoms with Crippen LogP contribution >= 0.6 is 0 Å². The van der Waals surface area contributed by atoms with Crippen molar-refractivity contribution in [2.75, 3.05) is 32.7 Å². The second kappa shape index (κ2) is 8.62. The third kappa shape index (κ3) is 4.57. The van der Waals surface area contributed by atoms with Crippen LogP contribution in [-0.4, -0.2) is 59.4 Å². The summed E-state index contributed by atoms with van der Waals surface area (Å²) in [5.74, 6) is -0.0517. The first kappa shape index (κ1) is 17.4. The lowest BCUT2D eigenvalue weighted by molar-refractivity contribution is 0.0942. The molecule has 24 heavy (non-hydrogen) atoms. The minimum absolute atomic E-state index is 0.0517. The van der Waals surface area contributed by atoms with Crippen LogP contribution in [0.15, 0.2) is 12.3 Å². The zero-order valence-electron chi connectivity index (χ0n) is 14.8. The number of aromatic nitrogens is 2. The highest BCUT2D eigenvalue weighted by molar-refractivity contribution is 5.92. The fourth-order valence-electron chi connectivity index (χ4n) is 3.79. The fourth-order valence-corrected chi connectivity index (χ4v) is 3.79. The minimum Gasteiger partial charge on any atom is -0.351 e. The molecular formula is C18H31N5O. The van der Waals surface area contributed by atoms with Crippen LogP contribution in [-0.2, 0) is 0 Å². The summed E-state index contributed by atoms with van der Waals surface area (Å²) in [5.41, 5.74) is 0.534. The average Bonchev–Trinajstić information content (AvgIpc) is 3.11. The van der Waals surface area contributed by atoms with Gasteiger partial charge in [0.2, 0.25) is 0 Å². The van der Waals surface area contributed by atoms with Crippen LogP contribution in [0, 0.1) is 0 Å². The number of rotatable bonds is 6. The molecule has 2 saturated heterocycles. The molecule has 2 N–H and O–H groups in total. The molecule has 0 saturated carbocycles. The van der Waals surface area contributed by atoms with E-state index in [-0.39, 0.29) is 5.91 Å². The number of nitrogens with zero attached hydrogens (tertiary/aromatic N) is 3. The van der Waals surface area contributed by atoms with Crippen LogP contribution in [0.4, 0.5) is 0 Å². The number of carbonyl (C=O) groups excluding carboxylic acids is 1. The van der Waals surface area contributed by atoms with Crippen LogP contribution in [0.5, 0.6) is 0 Å². The van der Waals surface area contributed by atoms with Crippen LogP contribution < -0.4 is 10.6 Å². The summed E-state index contributed by atoms with van der Waals surface area (Å²) in [7, 11) is 0. The van der Waals surface area contributed by atoms with Crippen molar-refractivity contribution in [3.05, 3.63) is 18.0 Å². The van der Waals surface area contributed by atoms with Gasteiger partial charge >= 0.3 is 0 Å². The monoisotopic (exact) mass is 333 g/mol. The van der Waals surface area contributed by atoms with Crippen LogP contribution in [0.2, 0.25) is 0 Å². The summed E-state index contributed by atoms with van der Waals surface area (Å²) in [6, 6.07) is 2.89. The lowest BCUT2D eigenvalue weighted by Gasteiger charge is -2.33. The van der Waals surface area contributed by atoms with Gasteiger partial charge in [-0.25, -0.2) is 0 Å². The Balaban J connectivity index is 1.39. The molecule has 1 amide bonds. The first-order valence-corrected chi connectivity index (χ1v) is 9.52. The Morgan fingerprint density at radius 1 is 1.38 bits per heavy atom. The van der Waals surface area contributed by atoms with E-state index in [1.807, 2.05) is 16.9 Å². The summed E-state index contributed by atoms with van der Waals surface area (Å²) >= 11 is 0. The van der Waals surface area contributed by atoms with Crippen molar-refractivity contribution in [2.45, 2.75) is 57.5 Å². The summed E-state index contributed by atoms with van der Waals surface area (Å²) in [4.78, 5) is 14.8. The normalized spacial score (nSPS) is 25.5. The molecule has 1 aromatic rings. The second-order valence-electron chi connectivity index (χ2n) is 7.17. The number of carbonyl (C=O) groups is 1. The van der Waals surface area contributed by atoms with Crippen LogP contribution in [0.1, 0.15) is 62.0 Å². The van der Waals surface area contributed by atoms with Gasteiger partial charge in [-0.1, -0.05) is 6.42 Å². The van der Waals surface area contributed by atoms with Gasteiger partial charge in [-0.15, -0.1) is 0 Å². The van der Waals surface area contributed by atoms with E-state index in [1.165, 1.54) is 32.2 Å². The van der Waals surface area contributed by atoms with Crippen molar-refractivity contribution in [1.82, 2.24) is 25.3 Å². The SMILES string of the molecule is CC1CCCCN1CCCNC(=O)c1ccn(C2CCCNC2)n1. The van der Waals surface area contributed by atoms with Crippen LogP contribution in [0.25, 0.3) is 0 Å². The molecule has 0 aromatic carbocycles. The Labute approximate surface area is 145 Å². The van der Waals surface area contributed by atoms with Crippen molar-refractivity contribution in [2.24, 2.45) is 0 Å². The van der Waals surface area contributed by atoms with Crippen molar-refractivity contribution in [3.8, 4) is 0 Å². The first-order chi connectivity index (χ1) is 11.7. The van der Waals surface area contributed by atoms with E-state index in [0.29, 0.717) is 17.8 Å². The Bertz CT molecular complexity index is 523. The molecule has 2 aliphatic rings. The number of hydrogen-bond acceptors (Lipinski definition) is 4. The molecular weight excluding hydrogens is 302 g/mol. The van der Waals surface area contributed by atoms with Crippen LogP contribution in [0.3, 0.4) is 0 Å². The number of likely N-dealkylation sites (tertiary alicyclic amines) is 1. The van der Waals surface area contributed by atoms with E-state index in [9.17, 15) is 4.79 Å². The van der Waals surface area contributed by atoms with E-state index in [2.05, 4.69) is 27.6 Å². The number of hydrogen-bond donors (Lipinski definition) is 2. The Kier molecular flexibility index (Phi) is 6.26. The fraction of sp³-hybridized carbons (Fsp3) is 0.778. The van der Waals surface area contributed by atoms with Crippen molar-refractivity contribution >= 4 is 5.91 Å². The molecule has 1 aromatic heterocycles. The molecule has 0 radical (unpaired) electrons. The topological polar surface area (TPSA) is 62.2 Å². The molecule has 134 valence electrons.